The van der Waals surface area contributed by atoms with Gasteiger partial charge in [-0.15, -0.1) is 0 Å². The molecule has 3 heterocycles. The second kappa shape index (κ2) is 8.33. The zero-order valence-corrected chi connectivity index (χ0v) is 17.8. The molecule has 164 valence electrons. The maximum atomic E-state index is 14.1. The van der Waals surface area contributed by atoms with E-state index in [1.54, 1.807) is 31.3 Å². The molecule has 0 spiro atoms. The van der Waals surface area contributed by atoms with Gasteiger partial charge in [-0.05, 0) is 31.1 Å². The van der Waals surface area contributed by atoms with E-state index in [-0.39, 0.29) is 23.6 Å². The molecule has 2 N–H and O–H groups in total. The number of nitrogens with zero attached hydrogens (tertiary/aromatic N) is 5. The number of sulfonamides is 1. The van der Waals surface area contributed by atoms with Gasteiger partial charge in [0, 0.05) is 32.2 Å². The van der Waals surface area contributed by atoms with Crippen LogP contribution in [-0.2, 0) is 23.6 Å². The Morgan fingerprint density at radius 2 is 2.00 bits per heavy atom. The highest BCUT2D eigenvalue weighted by Crippen LogP contribution is 2.28. The Balaban J connectivity index is 1.85. The lowest BCUT2D eigenvalue weighted by Crippen LogP contribution is -2.27. The minimum Gasteiger partial charge on any atom is -0.327 e. The van der Waals surface area contributed by atoms with Crippen LogP contribution in [0.4, 0.5) is 4.39 Å². The Kier molecular flexibility index (Phi) is 5.73. The van der Waals surface area contributed by atoms with E-state index in [1.807, 2.05) is 0 Å². The molecule has 1 aliphatic heterocycles. The smallest absolute Gasteiger partial charge is 0.327 e. The number of aryl methyl sites for hydroxylation is 1. The van der Waals surface area contributed by atoms with E-state index in [4.69, 9.17) is 5.73 Å². The Labute approximate surface area is 178 Å². The van der Waals surface area contributed by atoms with Gasteiger partial charge in [0.2, 0.25) is 10.0 Å². The Bertz CT molecular complexity index is 1320. The van der Waals surface area contributed by atoms with Crippen molar-refractivity contribution in [2.75, 3.05) is 19.6 Å². The van der Waals surface area contributed by atoms with Crippen LogP contribution in [-0.4, -0.2) is 51.5 Å². The van der Waals surface area contributed by atoms with Crippen LogP contribution >= 0.6 is 0 Å². The molecule has 0 radical (unpaired) electrons. The summed E-state index contributed by atoms with van der Waals surface area (Å²) in [6.07, 6.45) is 4.16. The number of allylic oxidation sites excluding steroid dienone is 1. The molecule has 4 rings (SSSR count). The molecular formula is C20H23FN6O3S. The van der Waals surface area contributed by atoms with Crippen molar-refractivity contribution >= 4 is 21.2 Å². The molecule has 1 fully saturated rings. The normalized spacial score (nSPS) is 15.8. The van der Waals surface area contributed by atoms with Crippen molar-refractivity contribution in [3.8, 4) is 11.3 Å². The van der Waals surface area contributed by atoms with E-state index in [1.165, 1.54) is 25.8 Å². The van der Waals surface area contributed by atoms with E-state index in [0.717, 1.165) is 12.8 Å². The molecule has 1 aromatic carbocycles. The summed E-state index contributed by atoms with van der Waals surface area (Å²) < 4.78 is 44.0. The monoisotopic (exact) mass is 446 g/mol. The Hall–Kier alpha value is -2.89. The van der Waals surface area contributed by atoms with Gasteiger partial charge in [0.15, 0.2) is 5.65 Å². The lowest BCUT2D eigenvalue weighted by molar-refractivity contribution is 0.477. The first-order valence-electron chi connectivity index (χ1n) is 9.90. The molecule has 1 aliphatic rings. The van der Waals surface area contributed by atoms with Crippen LogP contribution in [0.5, 0.6) is 0 Å². The van der Waals surface area contributed by atoms with Crippen molar-refractivity contribution in [1.82, 2.24) is 23.4 Å². The lowest BCUT2D eigenvalue weighted by Gasteiger charge is -2.16. The topological polar surface area (TPSA) is 116 Å². The summed E-state index contributed by atoms with van der Waals surface area (Å²) >= 11 is 0. The number of hydrogen-bond donors (Lipinski definition) is 1. The lowest BCUT2D eigenvalue weighted by atomic mass is 10.1. The highest BCUT2D eigenvalue weighted by atomic mass is 32.2. The van der Waals surface area contributed by atoms with Crippen LogP contribution in [0.1, 0.15) is 12.8 Å². The third-order valence-corrected chi connectivity index (χ3v) is 7.27. The molecule has 0 amide bonds. The minimum atomic E-state index is -3.61. The summed E-state index contributed by atoms with van der Waals surface area (Å²) in [5.74, 6) is -0.545. The third kappa shape index (κ3) is 3.80. The summed E-state index contributed by atoms with van der Waals surface area (Å²) in [6.45, 7) is 0.726. The van der Waals surface area contributed by atoms with E-state index < -0.39 is 21.5 Å². The Morgan fingerprint density at radius 1 is 1.26 bits per heavy atom. The van der Waals surface area contributed by atoms with Gasteiger partial charge in [-0.3, -0.25) is 9.13 Å². The third-order valence-electron chi connectivity index (χ3n) is 5.37. The minimum absolute atomic E-state index is 0.0177. The molecule has 31 heavy (non-hydrogen) atoms. The van der Waals surface area contributed by atoms with Crippen molar-refractivity contribution < 1.29 is 12.8 Å². The van der Waals surface area contributed by atoms with Gasteiger partial charge in [0.1, 0.15) is 17.7 Å². The number of halogens is 1. The van der Waals surface area contributed by atoms with Crippen LogP contribution in [0.15, 0.2) is 52.2 Å². The molecule has 0 bridgehead atoms. The zero-order chi connectivity index (χ0) is 22.2. The molecule has 0 atom stereocenters. The number of nitrogens with two attached hydrogens (primary N) is 1. The number of hydrogen-bond acceptors (Lipinski definition) is 6. The molecule has 3 aromatic rings. The highest BCUT2D eigenvalue weighted by molar-refractivity contribution is 7.89. The van der Waals surface area contributed by atoms with Crippen LogP contribution in [0.2, 0.25) is 0 Å². The summed E-state index contributed by atoms with van der Waals surface area (Å²) in [4.78, 5) is 21.4. The van der Waals surface area contributed by atoms with Crippen LogP contribution in [0, 0.1) is 0 Å². The molecule has 0 unspecified atom stereocenters. The summed E-state index contributed by atoms with van der Waals surface area (Å²) in [5.41, 5.74) is 6.45. The van der Waals surface area contributed by atoms with Gasteiger partial charge in [0.25, 0.3) is 0 Å². The average Bonchev–Trinajstić information content (AvgIpc) is 3.39. The molecule has 0 aliphatic carbocycles. The number of aromatic nitrogens is 4. The summed E-state index contributed by atoms with van der Waals surface area (Å²) in [7, 11) is -2.07. The summed E-state index contributed by atoms with van der Waals surface area (Å²) in [6, 6.07) is 6.46. The number of benzene rings is 1. The second-order valence-corrected chi connectivity index (χ2v) is 9.29. The van der Waals surface area contributed by atoms with Crippen molar-refractivity contribution in [2.45, 2.75) is 24.3 Å². The quantitative estimate of drug-likeness (QED) is 0.612. The predicted molar refractivity (Wildman–Crippen MR) is 114 cm³/mol. The molecule has 0 saturated carbocycles. The number of fused-ring (bicyclic) bond motifs is 1. The van der Waals surface area contributed by atoms with Gasteiger partial charge in [0.05, 0.1) is 17.1 Å². The molecule has 9 nitrogen and oxygen atoms in total. The zero-order valence-electron chi connectivity index (χ0n) is 17.0. The standard InChI is InChI=1S/C20H23FN6O3S/c1-25-18-17(23-13-24-19(18)27(20(25)28)12-15(21)7-8-22)14-5-4-6-16(11-14)31(29,30)26-9-2-3-10-26/h4-7,11,13H,2-3,8-10,12,22H2,1H3/b15-7-. The fourth-order valence-electron chi connectivity index (χ4n) is 3.82. The number of rotatable bonds is 6. The van der Waals surface area contributed by atoms with Gasteiger partial charge in [-0.2, -0.15) is 4.31 Å². The van der Waals surface area contributed by atoms with E-state index in [2.05, 4.69) is 9.97 Å². The Morgan fingerprint density at radius 3 is 2.71 bits per heavy atom. The van der Waals surface area contributed by atoms with Crippen molar-refractivity contribution in [1.29, 1.82) is 0 Å². The van der Waals surface area contributed by atoms with Gasteiger partial charge < -0.3 is 5.73 Å². The molecule has 2 aromatic heterocycles. The largest absolute Gasteiger partial charge is 0.330 e. The van der Waals surface area contributed by atoms with E-state index in [9.17, 15) is 17.6 Å². The molecule has 1 saturated heterocycles. The van der Waals surface area contributed by atoms with Crippen molar-refractivity contribution in [3.05, 3.63) is 53.0 Å². The first-order chi connectivity index (χ1) is 14.8. The maximum Gasteiger partial charge on any atom is 0.330 e. The average molecular weight is 447 g/mol. The first-order valence-corrected chi connectivity index (χ1v) is 11.3. The van der Waals surface area contributed by atoms with E-state index >= 15 is 0 Å². The maximum absolute atomic E-state index is 14.1. The second-order valence-electron chi connectivity index (χ2n) is 7.35. The van der Waals surface area contributed by atoms with Crippen LogP contribution < -0.4 is 11.4 Å². The first kappa shape index (κ1) is 21.3. The van der Waals surface area contributed by atoms with Crippen molar-refractivity contribution in [2.24, 2.45) is 12.8 Å². The van der Waals surface area contributed by atoms with Crippen LogP contribution in [0.3, 0.4) is 0 Å². The predicted octanol–water partition coefficient (Wildman–Crippen LogP) is 1.39. The van der Waals surface area contributed by atoms with Crippen molar-refractivity contribution in [3.63, 3.8) is 0 Å². The fraction of sp³-hybridized carbons (Fsp3) is 0.350. The summed E-state index contributed by atoms with van der Waals surface area (Å²) in [5, 5.41) is 0. The molecule has 11 heteroatoms. The van der Waals surface area contributed by atoms with E-state index in [0.29, 0.717) is 29.9 Å². The van der Waals surface area contributed by atoms with Crippen LogP contribution in [0.25, 0.3) is 22.4 Å². The molecular weight excluding hydrogens is 423 g/mol. The van der Waals surface area contributed by atoms with Gasteiger partial charge in [-0.1, -0.05) is 12.1 Å². The SMILES string of the molecule is Cn1c(=O)n(C/C(F)=C/CN)c2ncnc(-c3cccc(S(=O)(=O)N4CCCC4)c3)c21. The van der Waals surface area contributed by atoms with Gasteiger partial charge >= 0.3 is 5.69 Å². The number of imidazole rings is 1. The van der Waals surface area contributed by atoms with Gasteiger partial charge in [-0.25, -0.2) is 27.6 Å². The fourth-order valence-corrected chi connectivity index (χ4v) is 5.39. The highest BCUT2D eigenvalue weighted by Gasteiger charge is 2.28.